The van der Waals surface area contributed by atoms with Crippen LogP contribution in [-0.2, 0) is 6.54 Å². The average Bonchev–Trinajstić information content (AvgIpc) is 2.47. The molecule has 98 valence electrons. The topological polar surface area (TPSA) is 24.1 Å². The molecule has 3 rings (SSSR count). The normalized spacial score (nSPS) is 10.7. The van der Waals surface area contributed by atoms with Gasteiger partial charge in [0.15, 0.2) is 12.7 Å². The predicted octanol–water partition coefficient (Wildman–Crippen LogP) is 1.45. The van der Waals surface area contributed by atoms with Crippen LogP contribution in [0.5, 0.6) is 0 Å². The van der Waals surface area contributed by atoms with Crippen LogP contribution in [0.15, 0.2) is 60.8 Å². The van der Waals surface area contributed by atoms with Gasteiger partial charge in [0.25, 0.3) is 0 Å². The molecule has 0 saturated heterocycles. The Morgan fingerprint density at radius 2 is 1.90 bits per heavy atom. The van der Waals surface area contributed by atoms with Crippen molar-refractivity contribution in [1.82, 2.24) is 0 Å². The molecule has 0 unspecified atom stereocenters. The number of nitrogens with zero attached hydrogens (tertiary/aromatic N) is 1. The Morgan fingerprint density at radius 3 is 2.75 bits per heavy atom. The summed E-state index contributed by atoms with van der Waals surface area (Å²) in [6.07, 6.45) is 2.09. The van der Waals surface area contributed by atoms with Crippen LogP contribution in [0, 0.1) is 6.92 Å². The second kappa shape index (κ2) is 5.47. The lowest BCUT2D eigenvalue weighted by Gasteiger charge is -2.05. The van der Waals surface area contributed by atoms with Gasteiger partial charge < -0.3 is 5.02 Å². The molecule has 2 nitrogen and oxygen atoms in total. The van der Waals surface area contributed by atoms with Crippen molar-refractivity contribution < 1.29 is 9.59 Å². The number of hydrogen-bond donors (Lipinski definition) is 1. The Kier molecular flexibility index (Phi) is 3.53. The second-order valence-corrected chi connectivity index (χ2v) is 5.13. The van der Waals surface area contributed by atoms with Gasteiger partial charge in [-0.3, -0.25) is 0 Å². The third kappa shape index (κ3) is 2.45. The molecule has 0 aliphatic heterocycles. The van der Waals surface area contributed by atoms with Gasteiger partial charge in [-0.2, -0.15) is 4.57 Å². The molecule has 3 aromatic rings. The van der Waals surface area contributed by atoms with Crippen molar-refractivity contribution in [3.8, 4) is 0 Å². The molecular formula is C17H17BNO+. The summed E-state index contributed by atoms with van der Waals surface area (Å²) in [5.74, 6) is 0. The minimum atomic E-state index is 0.0839. The van der Waals surface area contributed by atoms with E-state index in [2.05, 4.69) is 54.1 Å². The Bertz CT molecular complexity index is 755. The van der Waals surface area contributed by atoms with Gasteiger partial charge in [0.05, 0.1) is 0 Å². The van der Waals surface area contributed by atoms with Crippen molar-refractivity contribution in [3.05, 3.63) is 71.9 Å². The quantitative estimate of drug-likeness (QED) is 0.560. The van der Waals surface area contributed by atoms with E-state index in [1.807, 2.05) is 18.2 Å². The van der Waals surface area contributed by atoms with Gasteiger partial charge in [-0.1, -0.05) is 35.9 Å². The summed E-state index contributed by atoms with van der Waals surface area (Å²) >= 11 is 0. The van der Waals surface area contributed by atoms with Gasteiger partial charge in [-0.15, -0.1) is 0 Å². The Labute approximate surface area is 119 Å². The highest BCUT2D eigenvalue weighted by Gasteiger charge is 2.11. The summed E-state index contributed by atoms with van der Waals surface area (Å²) in [5.41, 5.74) is 4.63. The van der Waals surface area contributed by atoms with E-state index >= 15 is 0 Å². The molecular weight excluding hydrogens is 245 g/mol. The second-order valence-electron chi connectivity index (χ2n) is 5.13. The van der Waals surface area contributed by atoms with Crippen molar-refractivity contribution in [1.29, 1.82) is 0 Å². The number of benzene rings is 2. The van der Waals surface area contributed by atoms with Gasteiger partial charge in [-0.05, 0) is 24.5 Å². The zero-order valence-corrected chi connectivity index (χ0v) is 11.6. The smallest absolute Gasteiger partial charge is 0.305 e. The molecule has 1 aromatic heterocycles. The summed E-state index contributed by atoms with van der Waals surface area (Å²) in [6, 6.07) is 18.7. The summed E-state index contributed by atoms with van der Waals surface area (Å²) < 4.78 is 2.23. The maximum atomic E-state index is 9.44. The van der Waals surface area contributed by atoms with E-state index < -0.39 is 0 Å². The lowest BCUT2D eigenvalue weighted by atomic mass is 9.84. The highest BCUT2D eigenvalue weighted by molar-refractivity contribution is 6.46. The molecule has 1 N–H and O–H groups in total. The minimum Gasteiger partial charge on any atom is -0.449 e. The third-order valence-electron chi connectivity index (χ3n) is 3.66. The molecule has 0 atom stereocenters. The minimum absolute atomic E-state index is 0.0839. The van der Waals surface area contributed by atoms with E-state index in [1.165, 1.54) is 16.5 Å². The van der Waals surface area contributed by atoms with Crippen molar-refractivity contribution >= 4 is 23.8 Å². The van der Waals surface area contributed by atoms with Crippen LogP contribution >= 0.6 is 0 Å². The SMILES string of the molecule is Cc1ccc2c(ccc[n+]2Cc2ccccc2BO)c1. The fourth-order valence-corrected chi connectivity index (χ4v) is 2.59. The molecule has 0 spiro atoms. The Balaban J connectivity index is 2.07. The molecule has 0 aliphatic rings. The summed E-state index contributed by atoms with van der Waals surface area (Å²) in [4.78, 5) is 0. The van der Waals surface area contributed by atoms with E-state index in [9.17, 15) is 5.02 Å². The van der Waals surface area contributed by atoms with Crippen molar-refractivity contribution in [2.45, 2.75) is 13.5 Å². The Hall–Kier alpha value is -2.13. The molecule has 0 fully saturated rings. The molecule has 1 heterocycles. The molecule has 3 heteroatoms. The van der Waals surface area contributed by atoms with Crippen molar-refractivity contribution in [3.63, 3.8) is 0 Å². The van der Waals surface area contributed by atoms with Crippen molar-refractivity contribution in [2.24, 2.45) is 0 Å². The van der Waals surface area contributed by atoms with Crippen LogP contribution in [0.3, 0.4) is 0 Å². The van der Waals surface area contributed by atoms with Crippen LogP contribution in [0.4, 0.5) is 0 Å². The molecule has 0 amide bonds. The average molecular weight is 262 g/mol. The first-order valence-corrected chi connectivity index (χ1v) is 6.84. The zero-order valence-electron chi connectivity index (χ0n) is 11.6. The number of hydrogen-bond acceptors (Lipinski definition) is 1. The van der Waals surface area contributed by atoms with Crippen LogP contribution < -0.4 is 10.0 Å². The first kappa shape index (κ1) is 12.9. The maximum Gasteiger partial charge on any atom is 0.305 e. The van der Waals surface area contributed by atoms with Gasteiger partial charge in [-0.25, -0.2) is 0 Å². The number of fused-ring (bicyclic) bond motifs is 1. The fourth-order valence-electron chi connectivity index (χ4n) is 2.59. The Morgan fingerprint density at radius 1 is 1.05 bits per heavy atom. The molecule has 2 aromatic carbocycles. The number of pyridine rings is 1. The van der Waals surface area contributed by atoms with Gasteiger partial charge >= 0.3 is 7.48 Å². The van der Waals surface area contributed by atoms with E-state index in [4.69, 9.17) is 0 Å². The largest absolute Gasteiger partial charge is 0.449 e. The van der Waals surface area contributed by atoms with Gasteiger partial charge in [0.1, 0.15) is 0 Å². The van der Waals surface area contributed by atoms with Crippen LogP contribution in [-0.4, -0.2) is 12.5 Å². The molecule has 0 saturated carbocycles. The molecule has 0 radical (unpaired) electrons. The van der Waals surface area contributed by atoms with Crippen LogP contribution in [0.25, 0.3) is 10.9 Å². The van der Waals surface area contributed by atoms with E-state index in [0.29, 0.717) is 0 Å². The maximum absolute atomic E-state index is 9.44. The molecule has 20 heavy (non-hydrogen) atoms. The van der Waals surface area contributed by atoms with Crippen LogP contribution in [0.2, 0.25) is 0 Å². The lowest BCUT2D eigenvalue weighted by Crippen LogP contribution is -2.37. The third-order valence-corrected chi connectivity index (χ3v) is 3.66. The van der Waals surface area contributed by atoms with Crippen molar-refractivity contribution in [2.75, 3.05) is 0 Å². The summed E-state index contributed by atoms with van der Waals surface area (Å²) in [7, 11) is 0.0839. The van der Waals surface area contributed by atoms with E-state index in [0.717, 1.165) is 17.6 Å². The number of rotatable bonds is 3. The monoisotopic (exact) mass is 262 g/mol. The highest BCUT2D eigenvalue weighted by Crippen LogP contribution is 2.12. The van der Waals surface area contributed by atoms with E-state index in [1.54, 1.807) is 0 Å². The first-order chi connectivity index (χ1) is 9.78. The van der Waals surface area contributed by atoms with Gasteiger partial charge in [0, 0.05) is 23.1 Å². The number of aryl methyl sites for hydroxylation is 1. The lowest BCUT2D eigenvalue weighted by molar-refractivity contribution is -0.662. The highest BCUT2D eigenvalue weighted by atomic mass is 16.2. The summed E-state index contributed by atoms with van der Waals surface area (Å²) in [5, 5.41) is 10.7. The summed E-state index contributed by atoms with van der Waals surface area (Å²) in [6.45, 7) is 2.88. The molecule has 0 aliphatic carbocycles. The zero-order chi connectivity index (χ0) is 13.9. The fraction of sp³-hybridized carbons (Fsp3) is 0.118. The molecule has 0 bridgehead atoms. The first-order valence-electron chi connectivity index (χ1n) is 6.84. The van der Waals surface area contributed by atoms with E-state index in [-0.39, 0.29) is 7.48 Å². The standard InChI is InChI=1S/C17H17BNO/c1-13-8-9-17-14(11-13)6-4-10-19(17)12-15-5-2-3-7-16(15)18-20/h2-11,18,20H,12H2,1H3/q+1. The predicted molar refractivity (Wildman–Crippen MR) is 83.4 cm³/mol. The number of aromatic nitrogens is 1. The van der Waals surface area contributed by atoms with Gasteiger partial charge in [0.2, 0.25) is 5.52 Å². The van der Waals surface area contributed by atoms with Crippen LogP contribution in [0.1, 0.15) is 11.1 Å².